The molecule has 116 valence electrons. The third-order valence-corrected chi connectivity index (χ3v) is 5.93. The molecule has 0 aliphatic carbocycles. The van der Waals surface area contributed by atoms with Crippen LogP contribution in [0, 0.1) is 0 Å². The first-order valence-corrected chi connectivity index (χ1v) is 9.15. The maximum Gasteiger partial charge on any atom is 0.161 e. The summed E-state index contributed by atoms with van der Waals surface area (Å²) in [6, 6.07) is 6.01. The number of sulfone groups is 1. The summed E-state index contributed by atoms with van der Waals surface area (Å²) in [4.78, 5) is 0. The highest BCUT2D eigenvalue weighted by Gasteiger charge is 2.35. The molecule has 2 aliphatic rings. The molecule has 0 saturated carbocycles. The second-order valence-corrected chi connectivity index (χ2v) is 7.91. The molecule has 3 rings (SSSR count). The molecule has 0 aromatic heterocycles. The number of rotatable bonds is 4. The number of nitrogens with one attached hydrogen (secondary N) is 1. The second-order valence-electron chi connectivity index (χ2n) is 5.75. The van der Waals surface area contributed by atoms with Gasteiger partial charge in [-0.15, -0.1) is 0 Å². The molecule has 2 saturated heterocycles. The van der Waals surface area contributed by atoms with E-state index in [1.54, 1.807) is 7.11 Å². The molecule has 21 heavy (non-hydrogen) atoms. The fourth-order valence-electron chi connectivity index (χ4n) is 2.96. The van der Waals surface area contributed by atoms with Crippen LogP contribution in [0.1, 0.15) is 24.3 Å². The van der Waals surface area contributed by atoms with Crippen LogP contribution in [-0.2, 0) is 9.84 Å². The molecular weight excluding hydrogens is 290 g/mol. The molecular formula is C15H21NO4S. The zero-order chi connectivity index (χ0) is 14.9. The molecule has 0 amide bonds. The van der Waals surface area contributed by atoms with Gasteiger partial charge in [0.2, 0.25) is 0 Å². The fourth-order valence-corrected chi connectivity index (χ4v) is 4.13. The van der Waals surface area contributed by atoms with Crippen LogP contribution in [0.3, 0.4) is 0 Å². The van der Waals surface area contributed by atoms with Crippen molar-refractivity contribution in [3.05, 3.63) is 23.8 Å². The highest BCUT2D eigenvalue weighted by molar-refractivity contribution is 7.92. The first-order chi connectivity index (χ1) is 10.1. The fraction of sp³-hybridized carbons (Fsp3) is 0.600. The van der Waals surface area contributed by atoms with E-state index in [1.807, 2.05) is 12.1 Å². The summed E-state index contributed by atoms with van der Waals surface area (Å²) in [6.45, 7) is 2.07. The van der Waals surface area contributed by atoms with Crippen LogP contribution in [0.25, 0.3) is 0 Å². The van der Waals surface area contributed by atoms with Crippen molar-refractivity contribution in [1.82, 2.24) is 5.32 Å². The molecule has 0 bridgehead atoms. The highest BCUT2D eigenvalue weighted by atomic mass is 32.2. The Hall–Kier alpha value is -1.27. The van der Waals surface area contributed by atoms with E-state index in [4.69, 9.17) is 9.47 Å². The standard InChI is InChI=1S/C15H21NO4S/c1-19-14-3-2-12(11-4-6-16-7-5-11)8-15(14)20-13-9-21(17,18)10-13/h2-3,8,11,13,16H,4-7,9-10H2,1H3. The van der Waals surface area contributed by atoms with Gasteiger partial charge in [-0.2, -0.15) is 0 Å². The lowest BCUT2D eigenvalue weighted by Gasteiger charge is -2.28. The van der Waals surface area contributed by atoms with Gasteiger partial charge in [-0.25, -0.2) is 8.42 Å². The smallest absolute Gasteiger partial charge is 0.161 e. The van der Waals surface area contributed by atoms with Gasteiger partial charge in [-0.3, -0.25) is 0 Å². The monoisotopic (exact) mass is 311 g/mol. The minimum absolute atomic E-state index is 0.105. The van der Waals surface area contributed by atoms with Crippen LogP contribution >= 0.6 is 0 Å². The summed E-state index contributed by atoms with van der Waals surface area (Å²) in [5.74, 6) is 2.07. The molecule has 0 unspecified atom stereocenters. The minimum Gasteiger partial charge on any atom is -0.493 e. The van der Waals surface area contributed by atoms with Gasteiger partial charge in [0.1, 0.15) is 6.10 Å². The van der Waals surface area contributed by atoms with E-state index in [2.05, 4.69) is 11.4 Å². The van der Waals surface area contributed by atoms with Crippen molar-refractivity contribution in [3.63, 3.8) is 0 Å². The lowest BCUT2D eigenvalue weighted by Crippen LogP contribution is -2.45. The van der Waals surface area contributed by atoms with Crippen molar-refractivity contribution in [2.75, 3.05) is 31.7 Å². The highest BCUT2D eigenvalue weighted by Crippen LogP contribution is 2.35. The van der Waals surface area contributed by atoms with E-state index < -0.39 is 9.84 Å². The molecule has 2 aliphatic heterocycles. The molecule has 5 nitrogen and oxygen atoms in total. The van der Waals surface area contributed by atoms with E-state index in [0.717, 1.165) is 25.9 Å². The third-order valence-electron chi connectivity index (χ3n) is 4.17. The van der Waals surface area contributed by atoms with E-state index in [9.17, 15) is 8.42 Å². The van der Waals surface area contributed by atoms with Crippen LogP contribution in [0.4, 0.5) is 0 Å². The predicted octanol–water partition coefficient (Wildman–Crippen LogP) is 1.34. The van der Waals surface area contributed by atoms with E-state index in [1.165, 1.54) is 5.56 Å². The van der Waals surface area contributed by atoms with Gasteiger partial charge in [-0.1, -0.05) is 6.07 Å². The number of methoxy groups -OCH3 is 1. The van der Waals surface area contributed by atoms with Gasteiger partial charge in [0.15, 0.2) is 21.3 Å². The van der Waals surface area contributed by atoms with E-state index in [0.29, 0.717) is 17.4 Å². The average molecular weight is 311 g/mol. The lowest BCUT2D eigenvalue weighted by molar-refractivity contribution is 0.219. The second kappa shape index (κ2) is 5.85. The molecule has 6 heteroatoms. The van der Waals surface area contributed by atoms with Gasteiger partial charge >= 0.3 is 0 Å². The largest absolute Gasteiger partial charge is 0.493 e. The number of benzene rings is 1. The molecule has 1 aromatic rings. The van der Waals surface area contributed by atoms with Gasteiger partial charge in [0, 0.05) is 0 Å². The summed E-state index contributed by atoms with van der Waals surface area (Å²) in [5, 5.41) is 3.36. The Labute approximate surface area is 125 Å². The van der Waals surface area contributed by atoms with Crippen LogP contribution in [-0.4, -0.2) is 46.2 Å². The Balaban J connectivity index is 1.76. The molecule has 2 fully saturated rings. The summed E-state index contributed by atoms with van der Waals surface area (Å²) in [5.41, 5.74) is 1.24. The van der Waals surface area contributed by atoms with E-state index >= 15 is 0 Å². The Morgan fingerprint density at radius 1 is 1.14 bits per heavy atom. The molecule has 2 heterocycles. The Kier molecular flexibility index (Phi) is 4.08. The van der Waals surface area contributed by atoms with Crippen molar-refractivity contribution in [1.29, 1.82) is 0 Å². The SMILES string of the molecule is COc1ccc(C2CCNCC2)cc1OC1CS(=O)(=O)C1. The average Bonchev–Trinajstić information content (AvgIpc) is 2.46. The number of piperidine rings is 1. The summed E-state index contributed by atoms with van der Waals surface area (Å²) < 4.78 is 33.6. The minimum atomic E-state index is -2.88. The number of ether oxygens (including phenoxy) is 2. The van der Waals surface area contributed by atoms with E-state index in [-0.39, 0.29) is 17.6 Å². The Bertz CT molecular complexity index is 596. The molecule has 0 spiro atoms. The molecule has 1 aromatic carbocycles. The summed E-state index contributed by atoms with van der Waals surface area (Å²) in [6.07, 6.45) is 1.99. The topological polar surface area (TPSA) is 64.6 Å². The first kappa shape index (κ1) is 14.7. The molecule has 0 radical (unpaired) electrons. The zero-order valence-corrected chi connectivity index (χ0v) is 13.0. The molecule has 0 atom stereocenters. The van der Waals surface area contributed by atoms with Crippen LogP contribution in [0.5, 0.6) is 11.5 Å². The Morgan fingerprint density at radius 3 is 2.48 bits per heavy atom. The Morgan fingerprint density at radius 2 is 1.86 bits per heavy atom. The number of hydrogen-bond acceptors (Lipinski definition) is 5. The quantitative estimate of drug-likeness (QED) is 0.909. The molecule has 1 N–H and O–H groups in total. The first-order valence-electron chi connectivity index (χ1n) is 7.33. The van der Waals surface area contributed by atoms with Crippen molar-refractivity contribution in [3.8, 4) is 11.5 Å². The normalized spacial score (nSPS) is 22.5. The van der Waals surface area contributed by atoms with Gasteiger partial charge < -0.3 is 14.8 Å². The predicted molar refractivity (Wildman–Crippen MR) is 80.9 cm³/mol. The number of hydrogen-bond donors (Lipinski definition) is 1. The van der Waals surface area contributed by atoms with Gasteiger partial charge in [0.25, 0.3) is 0 Å². The maximum atomic E-state index is 11.2. The van der Waals surface area contributed by atoms with Crippen molar-refractivity contribution < 1.29 is 17.9 Å². The zero-order valence-electron chi connectivity index (χ0n) is 12.2. The van der Waals surface area contributed by atoms with Crippen LogP contribution < -0.4 is 14.8 Å². The third kappa shape index (κ3) is 3.32. The van der Waals surface area contributed by atoms with Crippen molar-refractivity contribution in [2.45, 2.75) is 24.9 Å². The van der Waals surface area contributed by atoms with Crippen LogP contribution in [0.2, 0.25) is 0 Å². The summed E-state index contributed by atoms with van der Waals surface area (Å²) in [7, 11) is -1.27. The van der Waals surface area contributed by atoms with Gasteiger partial charge in [0.05, 0.1) is 18.6 Å². The van der Waals surface area contributed by atoms with Gasteiger partial charge in [-0.05, 0) is 49.5 Å². The lowest BCUT2D eigenvalue weighted by atomic mass is 9.90. The summed E-state index contributed by atoms with van der Waals surface area (Å²) >= 11 is 0. The van der Waals surface area contributed by atoms with Crippen molar-refractivity contribution >= 4 is 9.84 Å². The van der Waals surface area contributed by atoms with Crippen LogP contribution in [0.15, 0.2) is 18.2 Å². The van der Waals surface area contributed by atoms with Crippen molar-refractivity contribution in [2.24, 2.45) is 0 Å². The maximum absolute atomic E-state index is 11.2.